The lowest BCUT2D eigenvalue weighted by Crippen LogP contribution is -2.61. The number of nitrogens with two attached hydrogens (primary N) is 2. The lowest BCUT2D eigenvalue weighted by molar-refractivity contribution is 0.0792. The molecule has 1 saturated heterocycles. The first-order chi connectivity index (χ1) is 13.8. The molecular formula is C19H20N6O3S. The number of likely N-dealkylation sites (tertiary alicyclic amines) is 1. The Kier molecular flexibility index (Phi) is 4.71. The van der Waals surface area contributed by atoms with Gasteiger partial charge in [0.25, 0.3) is 5.91 Å². The standard InChI is InChI=1S/C19H20N6O3S/c1-9-10(2)23-24-18-14(9)15(21)16(29-18)17(26)22-12-7-25(8-12)19(27)28-13-5-3-4-11(20)6-13/h3-6,12H,7-8,20-21H2,1-2H3,(H,22,26). The minimum atomic E-state index is -0.483. The SMILES string of the molecule is Cc1nnc2sc(C(=O)NC3CN(C(=O)Oc4cccc(N)c4)C3)c(N)c2c1C. The van der Waals surface area contributed by atoms with Gasteiger partial charge in [0, 0.05) is 30.2 Å². The zero-order valence-corrected chi connectivity index (χ0v) is 16.7. The zero-order valence-electron chi connectivity index (χ0n) is 15.9. The summed E-state index contributed by atoms with van der Waals surface area (Å²) in [5, 5.41) is 11.9. The summed E-state index contributed by atoms with van der Waals surface area (Å²) in [4.78, 5) is 27.4. The average molecular weight is 412 g/mol. The highest BCUT2D eigenvalue weighted by Crippen LogP contribution is 2.34. The minimum Gasteiger partial charge on any atom is -0.410 e. The first-order valence-electron chi connectivity index (χ1n) is 8.98. The summed E-state index contributed by atoms with van der Waals surface area (Å²) in [5.74, 6) is 0.101. The zero-order chi connectivity index (χ0) is 20.7. The van der Waals surface area contributed by atoms with Crippen LogP contribution in [0.5, 0.6) is 5.75 Å². The van der Waals surface area contributed by atoms with Gasteiger partial charge >= 0.3 is 6.09 Å². The Morgan fingerprint density at radius 2 is 2.00 bits per heavy atom. The normalized spacial score (nSPS) is 13.9. The molecule has 5 N–H and O–H groups in total. The number of nitrogens with zero attached hydrogens (tertiary/aromatic N) is 3. The first kappa shape index (κ1) is 18.9. The predicted octanol–water partition coefficient (Wildman–Crippen LogP) is 2.09. The summed E-state index contributed by atoms with van der Waals surface area (Å²) < 4.78 is 5.28. The molecule has 4 rings (SSSR count). The Morgan fingerprint density at radius 1 is 1.24 bits per heavy atom. The van der Waals surface area contributed by atoms with Crippen LogP contribution >= 0.6 is 11.3 Å². The van der Waals surface area contributed by atoms with Gasteiger partial charge in [0.05, 0.1) is 17.4 Å². The summed E-state index contributed by atoms with van der Waals surface area (Å²) in [6.45, 7) is 4.47. The van der Waals surface area contributed by atoms with Crippen LogP contribution in [0.15, 0.2) is 24.3 Å². The lowest BCUT2D eigenvalue weighted by Gasteiger charge is -2.38. The molecule has 2 amide bonds. The van der Waals surface area contributed by atoms with Gasteiger partial charge in [0.15, 0.2) is 0 Å². The highest BCUT2D eigenvalue weighted by molar-refractivity contribution is 7.21. The van der Waals surface area contributed by atoms with E-state index in [1.54, 1.807) is 24.3 Å². The van der Waals surface area contributed by atoms with Crippen molar-refractivity contribution >= 4 is 44.9 Å². The van der Waals surface area contributed by atoms with Crippen molar-refractivity contribution < 1.29 is 14.3 Å². The number of nitrogen functional groups attached to an aromatic ring is 2. The van der Waals surface area contributed by atoms with E-state index in [2.05, 4.69) is 15.5 Å². The number of thiophene rings is 1. The predicted molar refractivity (Wildman–Crippen MR) is 111 cm³/mol. The second-order valence-electron chi connectivity index (χ2n) is 6.95. The third-order valence-electron chi connectivity index (χ3n) is 4.88. The Balaban J connectivity index is 1.37. The van der Waals surface area contributed by atoms with Crippen LogP contribution in [0.25, 0.3) is 10.2 Å². The number of hydrogen-bond acceptors (Lipinski definition) is 8. The number of fused-ring (bicyclic) bond motifs is 1. The minimum absolute atomic E-state index is 0.172. The largest absolute Gasteiger partial charge is 0.415 e. The van der Waals surface area contributed by atoms with Crippen molar-refractivity contribution in [3.05, 3.63) is 40.4 Å². The molecule has 0 radical (unpaired) electrons. The lowest BCUT2D eigenvalue weighted by atomic mass is 10.1. The molecule has 0 saturated carbocycles. The highest BCUT2D eigenvalue weighted by Gasteiger charge is 2.34. The van der Waals surface area contributed by atoms with Crippen LogP contribution in [0.3, 0.4) is 0 Å². The molecular weight excluding hydrogens is 392 g/mol. The van der Waals surface area contributed by atoms with Gasteiger partial charge in [0.1, 0.15) is 15.5 Å². The van der Waals surface area contributed by atoms with Crippen LogP contribution in [-0.2, 0) is 0 Å². The van der Waals surface area contributed by atoms with Crippen molar-refractivity contribution in [1.29, 1.82) is 0 Å². The van der Waals surface area contributed by atoms with E-state index in [9.17, 15) is 9.59 Å². The van der Waals surface area contributed by atoms with E-state index >= 15 is 0 Å². The number of nitrogens with one attached hydrogen (secondary N) is 1. The van der Waals surface area contributed by atoms with Crippen LogP contribution in [-0.4, -0.2) is 46.2 Å². The topological polar surface area (TPSA) is 136 Å². The number of aryl methyl sites for hydroxylation is 2. The van der Waals surface area contributed by atoms with Gasteiger partial charge in [-0.15, -0.1) is 16.4 Å². The highest BCUT2D eigenvalue weighted by atomic mass is 32.1. The monoisotopic (exact) mass is 412 g/mol. The van der Waals surface area contributed by atoms with Crippen molar-refractivity contribution in [1.82, 2.24) is 20.4 Å². The average Bonchev–Trinajstić information content (AvgIpc) is 2.98. The quantitative estimate of drug-likeness (QED) is 0.560. The Labute approximate surface area is 170 Å². The number of carbonyl (C=O) groups is 2. The Hall–Kier alpha value is -3.40. The second-order valence-corrected chi connectivity index (χ2v) is 7.95. The smallest absolute Gasteiger partial charge is 0.410 e. The van der Waals surface area contributed by atoms with Crippen molar-refractivity contribution in [2.45, 2.75) is 19.9 Å². The van der Waals surface area contributed by atoms with E-state index in [1.807, 2.05) is 13.8 Å². The molecule has 1 aliphatic heterocycles. The first-order valence-corrected chi connectivity index (χ1v) is 9.80. The molecule has 0 spiro atoms. The fourth-order valence-electron chi connectivity index (χ4n) is 3.12. The molecule has 0 unspecified atom stereocenters. The van der Waals surface area contributed by atoms with Crippen LogP contribution in [0.2, 0.25) is 0 Å². The Bertz CT molecular complexity index is 1120. The molecule has 1 fully saturated rings. The molecule has 0 atom stereocenters. The van der Waals surface area contributed by atoms with E-state index < -0.39 is 6.09 Å². The summed E-state index contributed by atoms with van der Waals surface area (Å²) in [7, 11) is 0. The number of carbonyl (C=O) groups excluding carboxylic acids is 2. The van der Waals surface area contributed by atoms with Crippen molar-refractivity contribution in [2.75, 3.05) is 24.6 Å². The van der Waals surface area contributed by atoms with Crippen LogP contribution < -0.4 is 21.5 Å². The summed E-state index contributed by atoms with van der Waals surface area (Å²) in [5.41, 5.74) is 14.5. The number of ether oxygens (including phenoxy) is 1. The molecule has 0 bridgehead atoms. The molecule has 3 heterocycles. The molecule has 9 nitrogen and oxygen atoms in total. The maximum atomic E-state index is 12.7. The molecule has 1 aromatic carbocycles. The number of benzene rings is 1. The fourth-order valence-corrected chi connectivity index (χ4v) is 4.13. The van der Waals surface area contributed by atoms with Crippen molar-refractivity contribution in [2.24, 2.45) is 0 Å². The molecule has 10 heteroatoms. The van der Waals surface area contributed by atoms with Gasteiger partial charge in [-0.05, 0) is 31.5 Å². The maximum Gasteiger partial charge on any atom is 0.415 e. The summed E-state index contributed by atoms with van der Waals surface area (Å²) in [6.07, 6.45) is -0.483. The van der Waals surface area contributed by atoms with Gasteiger partial charge in [0.2, 0.25) is 0 Å². The molecule has 2 aromatic heterocycles. The Morgan fingerprint density at radius 3 is 2.72 bits per heavy atom. The number of aromatic nitrogens is 2. The van der Waals surface area contributed by atoms with E-state index in [1.165, 1.54) is 16.2 Å². The van der Waals surface area contributed by atoms with Gasteiger partial charge in [-0.3, -0.25) is 4.79 Å². The van der Waals surface area contributed by atoms with E-state index in [4.69, 9.17) is 16.2 Å². The summed E-state index contributed by atoms with van der Waals surface area (Å²) >= 11 is 1.21. The van der Waals surface area contributed by atoms with Crippen LogP contribution in [0.4, 0.5) is 16.2 Å². The van der Waals surface area contributed by atoms with E-state index in [-0.39, 0.29) is 11.9 Å². The molecule has 150 valence electrons. The number of hydrogen-bond donors (Lipinski definition) is 3. The number of rotatable bonds is 3. The third kappa shape index (κ3) is 3.54. The third-order valence-corrected chi connectivity index (χ3v) is 5.97. The van der Waals surface area contributed by atoms with Crippen LogP contribution in [0.1, 0.15) is 20.9 Å². The van der Waals surface area contributed by atoms with E-state index in [0.29, 0.717) is 39.9 Å². The van der Waals surface area contributed by atoms with Crippen molar-refractivity contribution in [3.8, 4) is 5.75 Å². The second kappa shape index (κ2) is 7.21. The van der Waals surface area contributed by atoms with E-state index in [0.717, 1.165) is 16.6 Å². The van der Waals surface area contributed by atoms with Gasteiger partial charge < -0.3 is 26.4 Å². The van der Waals surface area contributed by atoms with Gasteiger partial charge in [-0.2, -0.15) is 5.10 Å². The fraction of sp³-hybridized carbons (Fsp3) is 0.263. The molecule has 29 heavy (non-hydrogen) atoms. The van der Waals surface area contributed by atoms with Crippen LogP contribution in [0, 0.1) is 13.8 Å². The molecule has 3 aromatic rings. The molecule has 0 aliphatic carbocycles. The van der Waals surface area contributed by atoms with Crippen molar-refractivity contribution in [3.63, 3.8) is 0 Å². The van der Waals surface area contributed by atoms with Gasteiger partial charge in [-0.25, -0.2) is 4.79 Å². The number of anilines is 2. The van der Waals surface area contributed by atoms with Gasteiger partial charge in [-0.1, -0.05) is 6.07 Å². The number of amides is 2. The molecule has 1 aliphatic rings. The summed E-state index contributed by atoms with van der Waals surface area (Å²) in [6, 6.07) is 6.48. The maximum absolute atomic E-state index is 12.7.